The van der Waals surface area contributed by atoms with Gasteiger partial charge in [-0.15, -0.1) is 4.83 Å². The van der Waals surface area contributed by atoms with Gasteiger partial charge in [0.1, 0.15) is 5.60 Å². The molecule has 1 aromatic rings. The molecule has 2 N–H and O–H groups in total. The van der Waals surface area contributed by atoms with Crippen molar-refractivity contribution >= 4 is 16.1 Å². The molecule has 1 fully saturated rings. The Morgan fingerprint density at radius 1 is 1.16 bits per heavy atom. The summed E-state index contributed by atoms with van der Waals surface area (Å²) in [6.07, 6.45) is 0.969. The highest BCUT2D eigenvalue weighted by atomic mass is 32.2. The van der Waals surface area contributed by atoms with Gasteiger partial charge in [0.25, 0.3) is 10.0 Å². The van der Waals surface area contributed by atoms with Crippen LogP contribution in [0.15, 0.2) is 29.2 Å². The first kappa shape index (κ1) is 19.7. The molecule has 7 nitrogen and oxygen atoms in total. The van der Waals surface area contributed by atoms with Gasteiger partial charge >= 0.3 is 6.09 Å². The highest BCUT2D eigenvalue weighted by Gasteiger charge is 2.27. The van der Waals surface area contributed by atoms with Gasteiger partial charge in [0.05, 0.1) is 4.90 Å². The second-order valence-corrected chi connectivity index (χ2v) is 8.99. The van der Waals surface area contributed by atoms with Gasteiger partial charge in [-0.25, -0.2) is 18.6 Å². The third kappa shape index (κ3) is 5.98. The van der Waals surface area contributed by atoms with Gasteiger partial charge in [0, 0.05) is 19.1 Å². The van der Waals surface area contributed by atoms with Crippen LogP contribution < -0.4 is 10.3 Å². The quantitative estimate of drug-likeness (QED) is 0.794. The fourth-order valence-electron chi connectivity index (χ4n) is 2.47. The average Bonchev–Trinajstić information content (AvgIpc) is 2.52. The summed E-state index contributed by atoms with van der Waals surface area (Å²) in [6.45, 7) is 8.45. The lowest BCUT2D eigenvalue weighted by Crippen LogP contribution is -2.51. The van der Waals surface area contributed by atoms with E-state index >= 15 is 0 Å². The van der Waals surface area contributed by atoms with Gasteiger partial charge in [-0.3, -0.25) is 0 Å². The monoisotopic (exact) mass is 369 g/mol. The molecular formula is C17H27N3O4S. The minimum absolute atomic E-state index is 0.0288. The molecule has 0 radical (unpaired) electrons. The standard InChI is InChI=1S/C17H27N3O4S/c1-13-5-7-15(8-6-13)25(22,23)19-18-14-9-11-20(12-10-14)16(21)24-17(2,3)4/h5-8,14,18-19H,9-12H2,1-4H3. The largest absolute Gasteiger partial charge is 0.444 e. The molecule has 1 aliphatic heterocycles. The number of hydrazine groups is 1. The molecule has 1 amide bonds. The zero-order chi connectivity index (χ0) is 18.7. The highest BCUT2D eigenvalue weighted by molar-refractivity contribution is 7.89. The number of hydrogen-bond donors (Lipinski definition) is 2. The maximum absolute atomic E-state index is 12.3. The van der Waals surface area contributed by atoms with E-state index in [1.807, 2.05) is 27.7 Å². The predicted octanol–water partition coefficient (Wildman–Crippen LogP) is 2.18. The Hall–Kier alpha value is -1.64. The third-order valence-corrected chi connectivity index (χ3v) is 5.15. The molecule has 0 unspecified atom stereocenters. The van der Waals surface area contributed by atoms with Crippen LogP contribution in [0.25, 0.3) is 0 Å². The Morgan fingerprint density at radius 3 is 2.24 bits per heavy atom. The predicted molar refractivity (Wildman–Crippen MR) is 95.5 cm³/mol. The zero-order valence-electron chi connectivity index (χ0n) is 15.2. The number of carbonyl (C=O) groups excluding carboxylic acids is 1. The minimum Gasteiger partial charge on any atom is -0.444 e. The average molecular weight is 369 g/mol. The number of sulfonamides is 1. The number of carbonyl (C=O) groups is 1. The Morgan fingerprint density at radius 2 is 1.72 bits per heavy atom. The van der Waals surface area contributed by atoms with E-state index in [0.29, 0.717) is 25.9 Å². The molecule has 0 aromatic heterocycles. The normalized spacial score (nSPS) is 16.7. The van der Waals surface area contributed by atoms with Crippen LogP contribution in [0.3, 0.4) is 0 Å². The van der Waals surface area contributed by atoms with E-state index < -0.39 is 15.6 Å². The van der Waals surface area contributed by atoms with E-state index in [9.17, 15) is 13.2 Å². The van der Waals surface area contributed by atoms with Gasteiger partial charge < -0.3 is 9.64 Å². The smallest absolute Gasteiger partial charge is 0.410 e. The molecule has 2 rings (SSSR count). The number of nitrogens with one attached hydrogen (secondary N) is 2. The first-order valence-electron chi connectivity index (χ1n) is 8.39. The SMILES string of the molecule is Cc1ccc(S(=O)(=O)NNC2CCN(C(=O)OC(C)(C)C)CC2)cc1. The second-order valence-electron chi connectivity index (χ2n) is 7.30. The molecule has 1 heterocycles. The van der Waals surface area contributed by atoms with Crippen LogP contribution in [0.1, 0.15) is 39.2 Å². The molecule has 1 aliphatic rings. The first-order valence-corrected chi connectivity index (χ1v) is 9.87. The number of nitrogens with zero attached hydrogens (tertiary/aromatic N) is 1. The van der Waals surface area contributed by atoms with Crippen molar-refractivity contribution in [2.45, 2.75) is 57.1 Å². The number of amides is 1. The van der Waals surface area contributed by atoms with Crippen molar-refractivity contribution in [1.82, 2.24) is 15.2 Å². The number of aryl methyl sites for hydroxylation is 1. The van der Waals surface area contributed by atoms with Gasteiger partial charge in [0.2, 0.25) is 0 Å². The van der Waals surface area contributed by atoms with Crippen molar-refractivity contribution < 1.29 is 17.9 Å². The Kier molecular flexibility index (Phi) is 6.08. The van der Waals surface area contributed by atoms with E-state index in [-0.39, 0.29) is 17.0 Å². The molecule has 25 heavy (non-hydrogen) atoms. The topological polar surface area (TPSA) is 87.7 Å². The number of likely N-dealkylation sites (tertiary alicyclic amines) is 1. The van der Waals surface area contributed by atoms with Gasteiger partial charge in [-0.05, 0) is 52.7 Å². The Balaban J connectivity index is 1.82. The summed E-state index contributed by atoms with van der Waals surface area (Å²) >= 11 is 0. The van der Waals surface area contributed by atoms with Crippen molar-refractivity contribution in [3.05, 3.63) is 29.8 Å². The van der Waals surface area contributed by atoms with Crippen molar-refractivity contribution in [3.8, 4) is 0 Å². The lowest BCUT2D eigenvalue weighted by Gasteiger charge is -2.33. The van der Waals surface area contributed by atoms with Gasteiger partial charge in [-0.1, -0.05) is 17.7 Å². The molecule has 0 saturated carbocycles. The molecule has 1 aromatic carbocycles. The first-order chi connectivity index (χ1) is 11.6. The molecule has 0 aliphatic carbocycles. The molecular weight excluding hydrogens is 342 g/mol. The fourth-order valence-corrected chi connectivity index (χ4v) is 3.40. The number of ether oxygens (including phenoxy) is 1. The van der Waals surface area contributed by atoms with Crippen LogP contribution >= 0.6 is 0 Å². The van der Waals surface area contributed by atoms with Crippen molar-refractivity contribution in [1.29, 1.82) is 0 Å². The van der Waals surface area contributed by atoms with E-state index in [4.69, 9.17) is 4.74 Å². The van der Waals surface area contributed by atoms with E-state index in [1.165, 1.54) is 0 Å². The summed E-state index contributed by atoms with van der Waals surface area (Å²) in [5.74, 6) is 0. The van der Waals surface area contributed by atoms with Crippen molar-refractivity contribution in [3.63, 3.8) is 0 Å². The van der Waals surface area contributed by atoms with Crippen LogP contribution in [0.4, 0.5) is 4.79 Å². The zero-order valence-corrected chi connectivity index (χ0v) is 16.0. The Bertz CT molecular complexity index is 688. The summed E-state index contributed by atoms with van der Waals surface area (Å²) in [4.78, 5) is 16.3. The molecule has 0 bridgehead atoms. The summed E-state index contributed by atoms with van der Waals surface area (Å²) in [5.41, 5.74) is 3.35. The van der Waals surface area contributed by atoms with Crippen LogP contribution in [0.2, 0.25) is 0 Å². The van der Waals surface area contributed by atoms with Crippen LogP contribution in [-0.2, 0) is 14.8 Å². The minimum atomic E-state index is -3.60. The third-order valence-electron chi connectivity index (χ3n) is 3.88. The maximum atomic E-state index is 12.3. The number of benzene rings is 1. The summed E-state index contributed by atoms with van der Waals surface area (Å²) in [6, 6.07) is 6.63. The highest BCUT2D eigenvalue weighted by Crippen LogP contribution is 2.16. The summed E-state index contributed by atoms with van der Waals surface area (Å²) in [5, 5.41) is 0. The number of rotatable bonds is 4. The number of hydrogen-bond acceptors (Lipinski definition) is 5. The summed E-state index contributed by atoms with van der Waals surface area (Å²) < 4.78 is 29.9. The van der Waals surface area contributed by atoms with Crippen LogP contribution in [0.5, 0.6) is 0 Å². The molecule has 8 heteroatoms. The van der Waals surface area contributed by atoms with E-state index in [0.717, 1.165) is 5.56 Å². The molecule has 0 atom stereocenters. The molecule has 140 valence electrons. The fraction of sp³-hybridized carbons (Fsp3) is 0.588. The second kappa shape index (κ2) is 7.72. The lowest BCUT2D eigenvalue weighted by molar-refractivity contribution is 0.0197. The van der Waals surface area contributed by atoms with Crippen LogP contribution in [0, 0.1) is 6.92 Å². The Labute approximate surface area is 149 Å². The van der Waals surface area contributed by atoms with E-state index in [1.54, 1.807) is 29.2 Å². The van der Waals surface area contributed by atoms with Crippen LogP contribution in [-0.4, -0.2) is 44.1 Å². The maximum Gasteiger partial charge on any atom is 0.410 e. The number of piperidine rings is 1. The van der Waals surface area contributed by atoms with E-state index in [2.05, 4.69) is 10.3 Å². The molecule has 1 saturated heterocycles. The van der Waals surface area contributed by atoms with Crippen molar-refractivity contribution in [2.24, 2.45) is 0 Å². The van der Waals surface area contributed by atoms with Crippen molar-refractivity contribution in [2.75, 3.05) is 13.1 Å². The molecule has 0 spiro atoms. The van der Waals surface area contributed by atoms with Gasteiger partial charge in [0.15, 0.2) is 0 Å². The lowest BCUT2D eigenvalue weighted by atomic mass is 10.1. The summed E-state index contributed by atoms with van der Waals surface area (Å²) in [7, 11) is -3.60. The van der Waals surface area contributed by atoms with Gasteiger partial charge in [-0.2, -0.15) is 0 Å².